The lowest BCUT2D eigenvalue weighted by molar-refractivity contribution is -0.120. The normalized spacial score (nSPS) is 13.8. The van der Waals surface area contributed by atoms with Gasteiger partial charge in [-0.2, -0.15) is 0 Å². The Labute approximate surface area is 105 Å². The maximum absolute atomic E-state index is 11.2. The molecule has 1 atom stereocenters. The van der Waals surface area contributed by atoms with E-state index in [1.165, 1.54) is 11.3 Å². The van der Waals surface area contributed by atoms with E-state index >= 15 is 0 Å². The summed E-state index contributed by atoms with van der Waals surface area (Å²) in [5, 5.41) is 21.1. The number of thiazole rings is 1. The fraction of sp³-hybridized carbons (Fsp3) is 0.500. The van der Waals surface area contributed by atoms with Crippen LogP contribution in [0.3, 0.4) is 0 Å². The van der Waals surface area contributed by atoms with Crippen molar-refractivity contribution >= 4 is 23.2 Å². The van der Waals surface area contributed by atoms with Crippen LogP contribution in [0, 0.1) is 0 Å². The van der Waals surface area contributed by atoms with Gasteiger partial charge < -0.3 is 10.2 Å². The molecule has 0 saturated carbocycles. The number of Topliss-reactive ketones (excluding diaryl/α,β-unsaturated/α-hetero) is 1. The Bertz CT molecular complexity index is 412. The van der Waals surface area contributed by atoms with E-state index in [1.807, 2.05) is 5.38 Å². The monoisotopic (exact) mass is 255 g/mol. The number of aliphatic hydroxyl groups excluding tert-OH is 2. The van der Waals surface area contributed by atoms with Gasteiger partial charge in [-0.3, -0.25) is 4.79 Å². The van der Waals surface area contributed by atoms with Gasteiger partial charge in [0.05, 0.1) is 18.4 Å². The van der Waals surface area contributed by atoms with Crippen molar-refractivity contribution in [1.29, 1.82) is 0 Å². The van der Waals surface area contributed by atoms with Crippen LogP contribution >= 0.6 is 11.3 Å². The highest BCUT2D eigenvalue weighted by Gasteiger charge is 2.11. The first-order chi connectivity index (χ1) is 8.06. The van der Waals surface area contributed by atoms with Crippen molar-refractivity contribution in [1.82, 2.24) is 4.98 Å². The highest BCUT2D eigenvalue weighted by molar-refractivity contribution is 7.09. The Morgan fingerprint density at radius 3 is 2.88 bits per heavy atom. The minimum Gasteiger partial charge on any atom is -0.389 e. The van der Waals surface area contributed by atoms with Crippen LogP contribution in [-0.4, -0.2) is 27.1 Å². The molecule has 0 aromatic carbocycles. The maximum Gasteiger partial charge on any atom is 0.135 e. The van der Waals surface area contributed by atoms with Gasteiger partial charge in [0.2, 0.25) is 0 Å². The SMILES string of the molecule is CCC(=O)C[C@H](O)/C(C)=C/c1csc(CO)n1. The largest absolute Gasteiger partial charge is 0.389 e. The maximum atomic E-state index is 11.2. The fourth-order valence-corrected chi connectivity index (χ4v) is 1.92. The van der Waals surface area contributed by atoms with Gasteiger partial charge >= 0.3 is 0 Å². The van der Waals surface area contributed by atoms with Gasteiger partial charge in [0.15, 0.2) is 0 Å². The van der Waals surface area contributed by atoms with Gasteiger partial charge in [0, 0.05) is 18.2 Å². The summed E-state index contributed by atoms with van der Waals surface area (Å²) in [6.07, 6.45) is 1.58. The molecule has 0 bridgehead atoms. The summed E-state index contributed by atoms with van der Waals surface area (Å²) < 4.78 is 0. The number of hydrogen-bond acceptors (Lipinski definition) is 5. The molecule has 0 fully saturated rings. The zero-order valence-corrected chi connectivity index (χ0v) is 10.8. The molecule has 0 saturated heterocycles. The Morgan fingerprint density at radius 1 is 1.65 bits per heavy atom. The van der Waals surface area contributed by atoms with Crippen LogP contribution in [0.4, 0.5) is 0 Å². The zero-order valence-electron chi connectivity index (χ0n) is 10.0. The molecule has 1 heterocycles. The zero-order chi connectivity index (χ0) is 12.8. The van der Waals surface area contributed by atoms with Crippen LogP contribution in [0.25, 0.3) is 6.08 Å². The average Bonchev–Trinajstić information content (AvgIpc) is 2.76. The molecule has 0 aliphatic carbocycles. The first-order valence-corrected chi connectivity index (χ1v) is 6.38. The Balaban J connectivity index is 2.67. The summed E-state index contributed by atoms with van der Waals surface area (Å²) in [6, 6.07) is 0. The van der Waals surface area contributed by atoms with E-state index < -0.39 is 6.10 Å². The van der Waals surface area contributed by atoms with E-state index in [4.69, 9.17) is 5.11 Å². The first kappa shape index (κ1) is 14.0. The minimum atomic E-state index is -0.748. The molecule has 1 aromatic heterocycles. The molecule has 0 spiro atoms. The van der Waals surface area contributed by atoms with Crippen molar-refractivity contribution < 1.29 is 15.0 Å². The molecule has 0 unspecified atom stereocenters. The number of ketones is 1. The molecule has 1 rings (SSSR count). The van der Waals surface area contributed by atoms with Crippen molar-refractivity contribution in [3.05, 3.63) is 21.7 Å². The Kier molecular flexibility index (Phi) is 5.47. The van der Waals surface area contributed by atoms with Crippen molar-refractivity contribution in [2.24, 2.45) is 0 Å². The van der Waals surface area contributed by atoms with Gasteiger partial charge in [0.25, 0.3) is 0 Å². The summed E-state index contributed by atoms with van der Waals surface area (Å²) >= 11 is 1.37. The standard InChI is InChI=1S/C12H17NO3S/c1-3-10(15)5-11(16)8(2)4-9-7-17-12(6-14)13-9/h4,7,11,14,16H,3,5-6H2,1-2H3/b8-4+/t11-/m0/s1. The third-order valence-corrected chi connectivity index (χ3v) is 3.27. The van der Waals surface area contributed by atoms with Crippen LogP contribution in [0.1, 0.15) is 37.4 Å². The average molecular weight is 255 g/mol. The van der Waals surface area contributed by atoms with Crippen LogP contribution in [0.15, 0.2) is 11.0 Å². The molecule has 2 N–H and O–H groups in total. The molecule has 0 radical (unpaired) electrons. The summed E-state index contributed by atoms with van der Waals surface area (Å²) in [4.78, 5) is 15.3. The molecule has 0 aliphatic rings. The lowest BCUT2D eigenvalue weighted by Crippen LogP contribution is -2.13. The molecule has 1 aromatic rings. The summed E-state index contributed by atoms with van der Waals surface area (Å²) in [5.74, 6) is 0.0413. The van der Waals surface area contributed by atoms with E-state index in [2.05, 4.69) is 4.98 Å². The lowest BCUT2D eigenvalue weighted by atomic mass is 10.0. The number of aliphatic hydroxyl groups is 2. The topological polar surface area (TPSA) is 70.4 Å². The summed E-state index contributed by atoms with van der Waals surface area (Å²) in [5.41, 5.74) is 1.42. The molecular weight excluding hydrogens is 238 g/mol. The molecule has 4 nitrogen and oxygen atoms in total. The van der Waals surface area contributed by atoms with Crippen molar-refractivity contribution in [2.45, 2.75) is 39.4 Å². The van der Waals surface area contributed by atoms with Crippen LogP contribution in [0.5, 0.6) is 0 Å². The third kappa shape index (κ3) is 4.38. The van der Waals surface area contributed by atoms with E-state index in [1.54, 1.807) is 19.9 Å². The van der Waals surface area contributed by atoms with Crippen LogP contribution < -0.4 is 0 Å². The lowest BCUT2D eigenvalue weighted by Gasteiger charge is -2.09. The number of carbonyl (C=O) groups excluding carboxylic acids is 1. The predicted octanol–water partition coefficient (Wildman–Crippen LogP) is 1.77. The molecule has 0 amide bonds. The Morgan fingerprint density at radius 2 is 2.35 bits per heavy atom. The van der Waals surface area contributed by atoms with E-state index in [0.29, 0.717) is 22.7 Å². The van der Waals surface area contributed by atoms with Crippen molar-refractivity contribution in [3.8, 4) is 0 Å². The number of nitrogens with zero attached hydrogens (tertiary/aromatic N) is 1. The van der Waals surface area contributed by atoms with E-state index in [-0.39, 0.29) is 18.8 Å². The second-order valence-corrected chi connectivity index (χ2v) is 4.77. The van der Waals surface area contributed by atoms with E-state index in [0.717, 1.165) is 0 Å². The van der Waals surface area contributed by atoms with Crippen molar-refractivity contribution in [3.63, 3.8) is 0 Å². The molecule has 5 heteroatoms. The molecular formula is C12H17NO3S. The fourth-order valence-electron chi connectivity index (χ4n) is 1.31. The van der Waals surface area contributed by atoms with Gasteiger partial charge in [-0.15, -0.1) is 11.3 Å². The smallest absolute Gasteiger partial charge is 0.135 e. The molecule has 17 heavy (non-hydrogen) atoms. The highest BCUT2D eigenvalue weighted by atomic mass is 32.1. The van der Waals surface area contributed by atoms with Gasteiger partial charge in [-0.1, -0.05) is 6.92 Å². The van der Waals surface area contributed by atoms with Gasteiger partial charge in [0.1, 0.15) is 10.8 Å². The molecule has 0 aliphatic heterocycles. The van der Waals surface area contributed by atoms with Gasteiger partial charge in [-0.25, -0.2) is 4.98 Å². The second kappa shape index (κ2) is 6.64. The highest BCUT2D eigenvalue weighted by Crippen LogP contribution is 2.15. The predicted molar refractivity (Wildman–Crippen MR) is 67.6 cm³/mol. The van der Waals surface area contributed by atoms with Crippen LogP contribution in [0.2, 0.25) is 0 Å². The van der Waals surface area contributed by atoms with Crippen molar-refractivity contribution in [2.75, 3.05) is 0 Å². The van der Waals surface area contributed by atoms with Crippen LogP contribution in [-0.2, 0) is 11.4 Å². The number of hydrogen-bond donors (Lipinski definition) is 2. The third-order valence-electron chi connectivity index (χ3n) is 2.42. The summed E-state index contributed by atoms with van der Waals surface area (Å²) in [7, 11) is 0. The Hall–Kier alpha value is -1.04. The molecule has 94 valence electrons. The minimum absolute atomic E-state index is 0.0413. The number of aromatic nitrogens is 1. The quantitative estimate of drug-likeness (QED) is 0.812. The second-order valence-electron chi connectivity index (χ2n) is 3.82. The number of rotatable bonds is 6. The number of carbonyl (C=O) groups is 1. The summed E-state index contributed by atoms with van der Waals surface area (Å²) in [6.45, 7) is 3.47. The van der Waals surface area contributed by atoms with Gasteiger partial charge in [-0.05, 0) is 18.6 Å². The first-order valence-electron chi connectivity index (χ1n) is 5.50. The van der Waals surface area contributed by atoms with E-state index in [9.17, 15) is 9.90 Å².